The summed E-state index contributed by atoms with van der Waals surface area (Å²) in [6.45, 7) is 0. The average molecular weight is 328 g/mol. The van der Waals surface area contributed by atoms with Gasteiger partial charge in [0.1, 0.15) is 6.33 Å². The van der Waals surface area contributed by atoms with Crippen molar-refractivity contribution < 1.29 is 0 Å². The molecule has 6 heteroatoms. The second kappa shape index (κ2) is 5.66. The predicted molar refractivity (Wildman–Crippen MR) is 97.8 cm³/mol. The smallest absolute Gasteiger partial charge is 0.185 e. The Labute approximate surface area is 144 Å². The molecule has 4 aromatic rings. The molecule has 122 valence electrons. The first-order chi connectivity index (χ1) is 12.4. The van der Waals surface area contributed by atoms with Gasteiger partial charge < -0.3 is 0 Å². The molecular weight excluding hydrogens is 312 g/mol. The molecule has 25 heavy (non-hydrogen) atoms. The van der Waals surface area contributed by atoms with Crippen LogP contribution in [0.25, 0.3) is 16.4 Å². The quantitative estimate of drug-likeness (QED) is 0.573. The van der Waals surface area contributed by atoms with Crippen molar-refractivity contribution in [1.82, 2.24) is 19.8 Å². The zero-order chi connectivity index (χ0) is 16.6. The lowest BCUT2D eigenvalue weighted by Crippen LogP contribution is -2.13. The number of benzene rings is 2. The fourth-order valence-corrected chi connectivity index (χ4v) is 3.45. The van der Waals surface area contributed by atoms with Crippen LogP contribution in [-0.2, 0) is 6.42 Å². The molecule has 0 unspecified atom stereocenters. The third-order valence-electron chi connectivity index (χ3n) is 4.65. The van der Waals surface area contributed by atoms with Crippen LogP contribution in [0, 0.1) is 0 Å². The van der Waals surface area contributed by atoms with Crippen molar-refractivity contribution >= 4 is 27.9 Å². The van der Waals surface area contributed by atoms with E-state index in [-0.39, 0.29) is 0 Å². The number of anilines is 1. The van der Waals surface area contributed by atoms with Gasteiger partial charge in [0.2, 0.25) is 0 Å². The Bertz CT molecular complexity index is 1110. The van der Waals surface area contributed by atoms with Crippen LogP contribution < -0.4 is 5.43 Å². The van der Waals surface area contributed by atoms with Gasteiger partial charge in [-0.15, -0.1) is 15.3 Å². The van der Waals surface area contributed by atoms with E-state index >= 15 is 0 Å². The summed E-state index contributed by atoms with van der Waals surface area (Å²) in [5, 5.41) is 19.4. The zero-order valence-electron chi connectivity index (χ0n) is 13.6. The van der Waals surface area contributed by atoms with Gasteiger partial charge in [-0.05, 0) is 24.8 Å². The number of fused-ring (bicyclic) bond motifs is 4. The maximum Gasteiger partial charge on any atom is 0.185 e. The lowest BCUT2D eigenvalue weighted by atomic mass is 9.90. The van der Waals surface area contributed by atoms with Crippen LogP contribution >= 0.6 is 0 Å². The molecule has 1 aliphatic rings. The normalized spacial score (nSPS) is 15.6. The summed E-state index contributed by atoms with van der Waals surface area (Å²) in [5.41, 5.74) is 7.60. The summed E-state index contributed by atoms with van der Waals surface area (Å²) in [6.07, 6.45) is 4.81. The number of hydrazone groups is 1. The molecule has 2 aromatic heterocycles. The van der Waals surface area contributed by atoms with Gasteiger partial charge in [0.05, 0.1) is 5.71 Å². The van der Waals surface area contributed by atoms with E-state index in [4.69, 9.17) is 0 Å². The van der Waals surface area contributed by atoms with Gasteiger partial charge in [0.25, 0.3) is 0 Å². The molecule has 0 atom stereocenters. The van der Waals surface area contributed by atoms with Crippen LogP contribution in [0.4, 0.5) is 5.82 Å². The molecule has 0 fully saturated rings. The molecule has 5 rings (SSSR count). The van der Waals surface area contributed by atoms with E-state index in [0.29, 0.717) is 5.82 Å². The second-order valence-electron chi connectivity index (χ2n) is 6.17. The minimum Gasteiger partial charge on any atom is -0.259 e. The third-order valence-corrected chi connectivity index (χ3v) is 4.65. The minimum absolute atomic E-state index is 0.707. The van der Waals surface area contributed by atoms with Crippen molar-refractivity contribution in [3.05, 3.63) is 66.0 Å². The Morgan fingerprint density at radius 2 is 1.80 bits per heavy atom. The van der Waals surface area contributed by atoms with E-state index in [9.17, 15) is 0 Å². The molecule has 0 amide bonds. The number of nitrogens with one attached hydrogen (secondary N) is 1. The van der Waals surface area contributed by atoms with E-state index in [1.54, 1.807) is 10.8 Å². The SMILES string of the molecule is c1ccc2c(c1)CCC/C2=N\Nc1nn2cnnc2c2ccccc12. The Morgan fingerprint density at radius 1 is 0.960 bits per heavy atom. The second-order valence-corrected chi connectivity index (χ2v) is 6.17. The number of aromatic nitrogens is 4. The summed E-state index contributed by atoms with van der Waals surface area (Å²) in [7, 11) is 0. The molecule has 0 bridgehead atoms. The van der Waals surface area contributed by atoms with Crippen LogP contribution in [0.3, 0.4) is 0 Å². The van der Waals surface area contributed by atoms with Crippen molar-refractivity contribution in [2.75, 3.05) is 5.43 Å². The molecule has 6 nitrogen and oxygen atoms in total. The summed E-state index contributed by atoms with van der Waals surface area (Å²) < 4.78 is 1.68. The number of rotatable bonds is 2. The molecule has 0 saturated carbocycles. The van der Waals surface area contributed by atoms with E-state index in [2.05, 4.69) is 50.1 Å². The lowest BCUT2D eigenvalue weighted by Gasteiger charge is -2.17. The van der Waals surface area contributed by atoms with Crippen molar-refractivity contribution in [3.8, 4) is 0 Å². The van der Waals surface area contributed by atoms with Crippen LogP contribution in [0.2, 0.25) is 0 Å². The Balaban J connectivity index is 1.61. The van der Waals surface area contributed by atoms with Crippen molar-refractivity contribution in [2.24, 2.45) is 5.10 Å². The van der Waals surface area contributed by atoms with Gasteiger partial charge in [0.15, 0.2) is 11.5 Å². The van der Waals surface area contributed by atoms with Crippen molar-refractivity contribution in [1.29, 1.82) is 0 Å². The number of aryl methyl sites for hydroxylation is 1. The predicted octanol–water partition coefficient (Wildman–Crippen LogP) is 3.43. The largest absolute Gasteiger partial charge is 0.259 e. The van der Waals surface area contributed by atoms with Crippen molar-refractivity contribution in [2.45, 2.75) is 19.3 Å². The lowest BCUT2D eigenvalue weighted by molar-refractivity contribution is 0.836. The van der Waals surface area contributed by atoms with Crippen LogP contribution in [0.5, 0.6) is 0 Å². The fraction of sp³-hybridized carbons (Fsp3) is 0.158. The molecule has 1 aliphatic carbocycles. The average Bonchev–Trinajstić information content (AvgIpc) is 3.15. The monoisotopic (exact) mass is 328 g/mol. The highest BCUT2D eigenvalue weighted by Crippen LogP contribution is 2.25. The minimum atomic E-state index is 0.707. The first kappa shape index (κ1) is 14.1. The highest BCUT2D eigenvalue weighted by atomic mass is 15.4. The number of nitrogens with zero attached hydrogens (tertiary/aromatic N) is 5. The van der Waals surface area contributed by atoms with E-state index in [0.717, 1.165) is 41.4 Å². The molecule has 1 N–H and O–H groups in total. The van der Waals surface area contributed by atoms with E-state index in [1.807, 2.05) is 24.3 Å². The van der Waals surface area contributed by atoms with Crippen LogP contribution in [-0.4, -0.2) is 25.5 Å². The Kier molecular flexibility index (Phi) is 3.19. The van der Waals surface area contributed by atoms with E-state index in [1.165, 1.54) is 11.1 Å². The molecule has 0 saturated heterocycles. The summed E-state index contributed by atoms with van der Waals surface area (Å²) in [4.78, 5) is 0. The Morgan fingerprint density at radius 3 is 2.76 bits per heavy atom. The van der Waals surface area contributed by atoms with Gasteiger partial charge >= 0.3 is 0 Å². The number of hydrogen-bond donors (Lipinski definition) is 1. The first-order valence-electron chi connectivity index (χ1n) is 8.40. The summed E-state index contributed by atoms with van der Waals surface area (Å²) in [6, 6.07) is 16.5. The highest BCUT2D eigenvalue weighted by molar-refractivity contribution is 6.04. The molecular formula is C19H16N6. The zero-order valence-corrected chi connectivity index (χ0v) is 13.6. The maximum absolute atomic E-state index is 4.69. The Hall–Kier alpha value is -3.28. The van der Waals surface area contributed by atoms with Gasteiger partial charge in [-0.1, -0.05) is 48.5 Å². The van der Waals surface area contributed by atoms with Gasteiger partial charge in [-0.2, -0.15) is 9.62 Å². The fourth-order valence-electron chi connectivity index (χ4n) is 3.45. The topological polar surface area (TPSA) is 67.5 Å². The molecule has 0 radical (unpaired) electrons. The molecule has 2 heterocycles. The van der Waals surface area contributed by atoms with Crippen molar-refractivity contribution in [3.63, 3.8) is 0 Å². The molecule has 0 aliphatic heterocycles. The van der Waals surface area contributed by atoms with Gasteiger partial charge in [-0.3, -0.25) is 5.43 Å². The van der Waals surface area contributed by atoms with E-state index < -0.39 is 0 Å². The summed E-state index contributed by atoms with van der Waals surface area (Å²) in [5.74, 6) is 0.707. The molecule has 2 aromatic carbocycles. The van der Waals surface area contributed by atoms with Crippen LogP contribution in [0.15, 0.2) is 60.0 Å². The maximum atomic E-state index is 4.69. The number of hydrogen-bond acceptors (Lipinski definition) is 5. The third kappa shape index (κ3) is 2.34. The first-order valence-corrected chi connectivity index (χ1v) is 8.40. The highest BCUT2D eigenvalue weighted by Gasteiger charge is 2.15. The van der Waals surface area contributed by atoms with Gasteiger partial charge in [-0.25, -0.2) is 0 Å². The molecule has 0 spiro atoms. The van der Waals surface area contributed by atoms with Gasteiger partial charge in [0, 0.05) is 16.3 Å². The standard InChI is InChI=1S/C19H16N6/c1-2-8-14-13(6-1)7-5-11-17(14)21-22-18-15-9-3-4-10-16(15)19-23-20-12-25(19)24-18/h1-4,6,8-10,12H,5,7,11H2,(H,22,24)/b21-17+. The van der Waals surface area contributed by atoms with Crippen LogP contribution in [0.1, 0.15) is 24.0 Å². The summed E-state index contributed by atoms with van der Waals surface area (Å²) >= 11 is 0.